The highest BCUT2D eigenvalue weighted by atomic mass is 16.5. The summed E-state index contributed by atoms with van der Waals surface area (Å²) in [4.78, 5) is 9.78. The van der Waals surface area contributed by atoms with Crippen molar-refractivity contribution in [3.05, 3.63) is 35.4 Å². The van der Waals surface area contributed by atoms with Crippen LogP contribution in [0.25, 0.3) is 0 Å². The molecule has 2 fully saturated rings. The number of hydrogen-bond acceptors (Lipinski definition) is 3. The SMILES string of the molecule is CCNC(=NCC(C)N(C)C1CC1)N1CCOC(c2ccccc2C)C1. The first-order valence-electron chi connectivity index (χ1n) is 10.0. The van der Waals surface area contributed by atoms with Gasteiger partial charge < -0.3 is 15.0 Å². The number of benzene rings is 1. The standard InChI is InChI=1S/C21H34N4O/c1-5-22-21(23-14-17(3)24(4)18-10-11-18)25-12-13-26-20(15-25)19-9-7-6-8-16(19)2/h6-9,17-18,20H,5,10-15H2,1-4H3,(H,22,23). The fraction of sp³-hybridized carbons (Fsp3) is 0.667. The zero-order chi connectivity index (χ0) is 18.5. The van der Waals surface area contributed by atoms with Crippen LogP contribution in [0.5, 0.6) is 0 Å². The van der Waals surface area contributed by atoms with E-state index in [4.69, 9.17) is 9.73 Å². The van der Waals surface area contributed by atoms with Crippen molar-refractivity contribution in [1.82, 2.24) is 15.1 Å². The van der Waals surface area contributed by atoms with E-state index in [-0.39, 0.29) is 6.10 Å². The number of hydrogen-bond donors (Lipinski definition) is 1. The molecule has 2 unspecified atom stereocenters. The third kappa shape index (κ3) is 4.77. The van der Waals surface area contributed by atoms with Gasteiger partial charge in [-0.1, -0.05) is 24.3 Å². The van der Waals surface area contributed by atoms with Gasteiger partial charge in [-0.3, -0.25) is 9.89 Å². The minimum absolute atomic E-state index is 0.111. The van der Waals surface area contributed by atoms with Gasteiger partial charge in [-0.2, -0.15) is 0 Å². The number of guanidine groups is 1. The molecular weight excluding hydrogens is 324 g/mol. The quantitative estimate of drug-likeness (QED) is 0.627. The average Bonchev–Trinajstić information content (AvgIpc) is 3.50. The van der Waals surface area contributed by atoms with Crippen molar-refractivity contribution < 1.29 is 4.74 Å². The summed E-state index contributed by atoms with van der Waals surface area (Å²) >= 11 is 0. The molecule has 1 saturated heterocycles. The van der Waals surface area contributed by atoms with Crippen LogP contribution in [-0.4, -0.2) is 67.7 Å². The fourth-order valence-corrected chi connectivity index (χ4v) is 3.59. The summed E-state index contributed by atoms with van der Waals surface area (Å²) in [6.45, 7) is 10.8. The van der Waals surface area contributed by atoms with Crippen LogP contribution in [0.1, 0.15) is 43.9 Å². The van der Waals surface area contributed by atoms with Crippen molar-refractivity contribution >= 4 is 5.96 Å². The Morgan fingerprint density at radius 3 is 2.85 bits per heavy atom. The molecule has 1 heterocycles. The van der Waals surface area contributed by atoms with Gasteiger partial charge in [0.15, 0.2) is 5.96 Å². The van der Waals surface area contributed by atoms with Crippen molar-refractivity contribution in [2.24, 2.45) is 4.99 Å². The zero-order valence-electron chi connectivity index (χ0n) is 16.7. The van der Waals surface area contributed by atoms with Gasteiger partial charge in [-0.05, 0) is 51.8 Å². The normalized spacial score (nSPS) is 22.6. The van der Waals surface area contributed by atoms with Crippen LogP contribution in [0.3, 0.4) is 0 Å². The molecule has 2 aliphatic rings. The van der Waals surface area contributed by atoms with E-state index in [1.165, 1.54) is 24.0 Å². The first-order chi connectivity index (χ1) is 12.6. The molecular formula is C21H34N4O. The number of nitrogens with zero attached hydrogens (tertiary/aromatic N) is 3. The molecule has 1 aromatic rings. The minimum atomic E-state index is 0.111. The number of likely N-dealkylation sites (N-methyl/N-ethyl adjacent to an activating group) is 1. The fourth-order valence-electron chi connectivity index (χ4n) is 3.59. The summed E-state index contributed by atoms with van der Waals surface area (Å²) in [5.74, 6) is 1.02. The molecule has 0 bridgehead atoms. The van der Waals surface area contributed by atoms with E-state index in [0.29, 0.717) is 6.04 Å². The van der Waals surface area contributed by atoms with E-state index in [0.717, 1.165) is 44.8 Å². The van der Waals surface area contributed by atoms with E-state index in [1.807, 2.05) is 0 Å². The summed E-state index contributed by atoms with van der Waals surface area (Å²) in [5.41, 5.74) is 2.58. The number of nitrogens with one attached hydrogen (secondary N) is 1. The Morgan fingerprint density at radius 2 is 2.15 bits per heavy atom. The zero-order valence-corrected chi connectivity index (χ0v) is 16.7. The van der Waals surface area contributed by atoms with Gasteiger partial charge in [0.05, 0.1) is 19.7 Å². The summed E-state index contributed by atoms with van der Waals surface area (Å²) in [6, 6.07) is 9.77. The molecule has 1 N–H and O–H groups in total. The van der Waals surface area contributed by atoms with Crippen molar-refractivity contribution in [2.45, 2.75) is 51.8 Å². The summed E-state index contributed by atoms with van der Waals surface area (Å²) in [6.07, 6.45) is 2.79. The molecule has 1 aliphatic heterocycles. The average molecular weight is 359 g/mol. The number of rotatable bonds is 6. The molecule has 0 spiro atoms. The molecule has 1 saturated carbocycles. The van der Waals surface area contributed by atoms with Gasteiger partial charge in [-0.25, -0.2) is 0 Å². The highest BCUT2D eigenvalue weighted by Gasteiger charge is 2.29. The molecule has 3 rings (SSSR count). The number of aliphatic imine (C=N–C) groups is 1. The third-order valence-corrected chi connectivity index (χ3v) is 5.56. The Morgan fingerprint density at radius 1 is 1.38 bits per heavy atom. The molecule has 0 aromatic heterocycles. The second kappa shape index (κ2) is 8.87. The maximum absolute atomic E-state index is 6.07. The van der Waals surface area contributed by atoms with Crippen LogP contribution in [0, 0.1) is 6.92 Å². The smallest absolute Gasteiger partial charge is 0.194 e. The molecule has 0 radical (unpaired) electrons. The highest BCUT2D eigenvalue weighted by Crippen LogP contribution is 2.27. The lowest BCUT2D eigenvalue weighted by Crippen LogP contribution is -2.48. The summed E-state index contributed by atoms with van der Waals surface area (Å²) in [7, 11) is 2.23. The number of morpholine rings is 1. The van der Waals surface area contributed by atoms with Gasteiger partial charge in [0, 0.05) is 25.2 Å². The molecule has 5 heteroatoms. The Balaban J connectivity index is 1.66. The first kappa shape index (κ1) is 19.2. The van der Waals surface area contributed by atoms with Crippen molar-refractivity contribution in [1.29, 1.82) is 0 Å². The summed E-state index contributed by atoms with van der Waals surface area (Å²) in [5, 5.41) is 3.48. The van der Waals surface area contributed by atoms with Crippen LogP contribution >= 0.6 is 0 Å². The van der Waals surface area contributed by atoms with E-state index in [2.05, 4.69) is 67.2 Å². The lowest BCUT2D eigenvalue weighted by atomic mass is 10.0. The summed E-state index contributed by atoms with van der Waals surface area (Å²) < 4.78 is 6.07. The van der Waals surface area contributed by atoms with E-state index in [1.54, 1.807) is 0 Å². The second-order valence-electron chi connectivity index (χ2n) is 7.60. The predicted molar refractivity (Wildman–Crippen MR) is 108 cm³/mol. The van der Waals surface area contributed by atoms with Crippen LogP contribution < -0.4 is 5.32 Å². The van der Waals surface area contributed by atoms with E-state index < -0.39 is 0 Å². The highest BCUT2D eigenvalue weighted by molar-refractivity contribution is 5.80. The topological polar surface area (TPSA) is 40.1 Å². The molecule has 0 amide bonds. The first-order valence-corrected chi connectivity index (χ1v) is 10.0. The molecule has 1 aliphatic carbocycles. The molecule has 2 atom stereocenters. The van der Waals surface area contributed by atoms with E-state index in [9.17, 15) is 0 Å². The Bertz CT molecular complexity index is 614. The maximum Gasteiger partial charge on any atom is 0.194 e. The van der Waals surface area contributed by atoms with E-state index >= 15 is 0 Å². The molecule has 144 valence electrons. The van der Waals surface area contributed by atoms with Gasteiger partial charge in [-0.15, -0.1) is 0 Å². The lowest BCUT2D eigenvalue weighted by Gasteiger charge is -2.36. The number of ether oxygens (including phenoxy) is 1. The van der Waals surface area contributed by atoms with Crippen LogP contribution in [-0.2, 0) is 4.74 Å². The van der Waals surface area contributed by atoms with Gasteiger partial charge >= 0.3 is 0 Å². The van der Waals surface area contributed by atoms with Gasteiger partial charge in [0.1, 0.15) is 6.10 Å². The predicted octanol–water partition coefficient (Wildman–Crippen LogP) is 2.82. The van der Waals surface area contributed by atoms with Gasteiger partial charge in [0.2, 0.25) is 0 Å². The minimum Gasteiger partial charge on any atom is -0.370 e. The second-order valence-corrected chi connectivity index (χ2v) is 7.60. The largest absolute Gasteiger partial charge is 0.370 e. The van der Waals surface area contributed by atoms with Crippen molar-refractivity contribution in [3.63, 3.8) is 0 Å². The maximum atomic E-state index is 6.07. The number of aryl methyl sites for hydroxylation is 1. The van der Waals surface area contributed by atoms with Crippen LogP contribution in [0.15, 0.2) is 29.3 Å². The van der Waals surface area contributed by atoms with Crippen LogP contribution in [0.2, 0.25) is 0 Å². The Kier molecular flexibility index (Phi) is 6.54. The molecule has 26 heavy (non-hydrogen) atoms. The van der Waals surface area contributed by atoms with Crippen molar-refractivity contribution in [3.8, 4) is 0 Å². The molecule has 5 nitrogen and oxygen atoms in total. The Hall–Kier alpha value is -1.59. The monoisotopic (exact) mass is 358 g/mol. The van der Waals surface area contributed by atoms with Crippen molar-refractivity contribution in [2.75, 3.05) is 39.8 Å². The Labute approximate surface area is 158 Å². The lowest BCUT2D eigenvalue weighted by molar-refractivity contribution is -0.00836. The molecule has 1 aromatic carbocycles. The third-order valence-electron chi connectivity index (χ3n) is 5.56. The van der Waals surface area contributed by atoms with Gasteiger partial charge in [0.25, 0.3) is 0 Å². The van der Waals surface area contributed by atoms with Crippen LogP contribution in [0.4, 0.5) is 0 Å².